The van der Waals surface area contributed by atoms with E-state index in [4.69, 9.17) is 0 Å². The van der Waals surface area contributed by atoms with Crippen LogP contribution in [0.3, 0.4) is 0 Å². The highest BCUT2D eigenvalue weighted by atomic mass is 32.2. The van der Waals surface area contributed by atoms with Gasteiger partial charge in [0.25, 0.3) is 0 Å². The summed E-state index contributed by atoms with van der Waals surface area (Å²) in [4.78, 5) is 24.2. The molecule has 1 heterocycles. The molecule has 2 aliphatic rings. The Morgan fingerprint density at radius 3 is 2.68 bits per heavy atom. The molecular formula is C14H14F3NO3S. The molecule has 0 aromatic carbocycles. The first-order valence-electron chi connectivity index (χ1n) is 6.48. The lowest BCUT2D eigenvalue weighted by atomic mass is 9.93. The monoisotopic (exact) mass is 333 g/mol. The maximum atomic E-state index is 13.0. The second-order valence-electron chi connectivity index (χ2n) is 4.94. The third-order valence-corrected chi connectivity index (χ3v) is 4.16. The van der Waals surface area contributed by atoms with Gasteiger partial charge in [-0.15, -0.1) is 0 Å². The van der Waals surface area contributed by atoms with Crippen molar-refractivity contribution in [3.05, 3.63) is 35.1 Å². The Morgan fingerprint density at radius 2 is 2.14 bits per heavy atom. The predicted molar refractivity (Wildman–Crippen MR) is 76.4 cm³/mol. The second kappa shape index (κ2) is 6.20. The largest absolute Gasteiger partial charge is 0.480 e. The zero-order valence-corrected chi connectivity index (χ0v) is 12.5. The van der Waals surface area contributed by atoms with Crippen LogP contribution < -0.4 is 0 Å². The molecule has 0 aromatic rings. The number of hydrogen-bond donors (Lipinski definition) is 1. The summed E-state index contributed by atoms with van der Waals surface area (Å²) in [6.07, 6.45) is 0.965. The highest BCUT2D eigenvalue weighted by molar-refractivity contribution is 7.98. The van der Waals surface area contributed by atoms with Crippen molar-refractivity contribution in [1.82, 2.24) is 4.90 Å². The minimum absolute atomic E-state index is 0.143. The number of alkyl halides is 3. The normalized spacial score (nSPS) is 19.4. The first-order chi connectivity index (χ1) is 10.3. The van der Waals surface area contributed by atoms with Crippen LogP contribution >= 0.6 is 11.8 Å². The van der Waals surface area contributed by atoms with Gasteiger partial charge in [-0.05, 0) is 41.7 Å². The smallest absolute Gasteiger partial charge is 0.420 e. The summed E-state index contributed by atoms with van der Waals surface area (Å²) in [5.74, 6) is -1.59. The van der Waals surface area contributed by atoms with Crippen LogP contribution in [0.1, 0.15) is 6.42 Å². The average molecular weight is 333 g/mol. The second-order valence-corrected chi connectivity index (χ2v) is 5.93. The van der Waals surface area contributed by atoms with Gasteiger partial charge in [0.2, 0.25) is 0 Å². The Kier molecular flexibility index (Phi) is 4.69. The summed E-state index contributed by atoms with van der Waals surface area (Å²) >= 11 is 1.47. The molecule has 0 saturated carbocycles. The average Bonchev–Trinajstić information content (AvgIpc) is 2.80. The number of nitrogens with zero attached hydrogens (tertiary/aromatic N) is 1. The van der Waals surface area contributed by atoms with Crippen molar-refractivity contribution in [2.45, 2.75) is 18.6 Å². The van der Waals surface area contributed by atoms with Gasteiger partial charge in [-0.1, -0.05) is 0 Å². The number of carbonyl (C=O) groups is 2. The number of hydrogen-bond acceptors (Lipinski definition) is 4. The maximum absolute atomic E-state index is 13.0. The number of allylic oxidation sites excluding steroid dienone is 3. The minimum Gasteiger partial charge on any atom is -0.480 e. The van der Waals surface area contributed by atoms with Crippen LogP contribution in [0.25, 0.3) is 0 Å². The van der Waals surface area contributed by atoms with Gasteiger partial charge >= 0.3 is 12.1 Å². The molecular weight excluding hydrogens is 319 g/mol. The highest BCUT2D eigenvalue weighted by Crippen LogP contribution is 2.38. The number of ketones is 1. The highest BCUT2D eigenvalue weighted by Gasteiger charge is 2.44. The molecule has 0 fully saturated rings. The Labute approximate surface area is 129 Å². The molecule has 8 heteroatoms. The molecule has 0 spiro atoms. The van der Waals surface area contributed by atoms with E-state index in [1.807, 2.05) is 6.26 Å². The van der Waals surface area contributed by atoms with Crippen LogP contribution in [0.4, 0.5) is 13.2 Å². The van der Waals surface area contributed by atoms with E-state index in [2.05, 4.69) is 0 Å². The first-order valence-corrected chi connectivity index (χ1v) is 7.87. The van der Waals surface area contributed by atoms with Crippen molar-refractivity contribution in [2.75, 3.05) is 18.6 Å². The molecule has 0 saturated heterocycles. The van der Waals surface area contributed by atoms with Gasteiger partial charge in [-0.25, -0.2) is 4.79 Å². The lowest BCUT2D eigenvalue weighted by Crippen LogP contribution is -2.37. The van der Waals surface area contributed by atoms with Crippen molar-refractivity contribution >= 4 is 23.5 Å². The number of aliphatic carboxylic acids is 1. The lowest BCUT2D eigenvalue weighted by molar-refractivity contribution is -0.142. The molecule has 0 amide bonds. The summed E-state index contributed by atoms with van der Waals surface area (Å²) in [6, 6.07) is -0.906. The third-order valence-electron chi connectivity index (χ3n) is 3.52. The zero-order chi connectivity index (χ0) is 16.5. The molecule has 0 bridgehead atoms. The summed E-state index contributed by atoms with van der Waals surface area (Å²) in [5, 5.41) is 9.27. The maximum Gasteiger partial charge on any atom is 0.420 e. The van der Waals surface area contributed by atoms with Crippen molar-refractivity contribution in [3.63, 3.8) is 0 Å². The van der Waals surface area contributed by atoms with Crippen LogP contribution in [0, 0.1) is 0 Å². The molecule has 0 radical (unpaired) electrons. The fourth-order valence-electron chi connectivity index (χ4n) is 2.51. The van der Waals surface area contributed by atoms with Crippen LogP contribution in [0.5, 0.6) is 0 Å². The number of carboxylic acids is 1. The number of thioether (sulfide) groups is 1. The molecule has 1 aliphatic heterocycles. The molecule has 1 N–H and O–H groups in total. The van der Waals surface area contributed by atoms with Gasteiger partial charge in [0.05, 0.1) is 0 Å². The SMILES string of the molecule is CSCC[C@@H](C(=O)O)N1C=C2C=CC(=O)C(C(F)(F)F)=C2C1. The van der Waals surface area contributed by atoms with E-state index in [1.165, 1.54) is 28.9 Å². The lowest BCUT2D eigenvalue weighted by Gasteiger charge is -2.24. The van der Waals surface area contributed by atoms with Crippen molar-refractivity contribution < 1.29 is 27.9 Å². The summed E-state index contributed by atoms with van der Waals surface area (Å²) in [5.41, 5.74) is -1.09. The third kappa shape index (κ3) is 3.21. The Morgan fingerprint density at radius 1 is 1.45 bits per heavy atom. The van der Waals surface area contributed by atoms with Crippen molar-refractivity contribution in [2.24, 2.45) is 0 Å². The fourth-order valence-corrected chi connectivity index (χ4v) is 2.97. The van der Waals surface area contributed by atoms with E-state index < -0.39 is 29.5 Å². The van der Waals surface area contributed by atoms with Gasteiger partial charge in [0.1, 0.15) is 11.6 Å². The van der Waals surface area contributed by atoms with E-state index >= 15 is 0 Å². The number of rotatable bonds is 5. The van der Waals surface area contributed by atoms with E-state index in [1.54, 1.807) is 0 Å². The molecule has 4 nitrogen and oxygen atoms in total. The Bertz CT molecular complexity index is 593. The standard InChI is InChI=1S/C14H14F3NO3S/c1-22-5-4-10(13(20)21)18-6-8-2-3-11(19)12(9(8)7-18)14(15,16)17/h2-3,6,10H,4-5,7H2,1H3,(H,20,21)/t10-/m0/s1. The Hall–Kier alpha value is -1.70. The van der Waals surface area contributed by atoms with E-state index in [0.717, 1.165) is 6.08 Å². The zero-order valence-electron chi connectivity index (χ0n) is 11.7. The molecule has 1 atom stereocenters. The molecule has 22 heavy (non-hydrogen) atoms. The molecule has 120 valence electrons. The topological polar surface area (TPSA) is 57.6 Å². The fraction of sp³-hybridized carbons (Fsp3) is 0.429. The number of carboxylic acid groups (broad SMARTS) is 1. The van der Waals surface area contributed by atoms with Gasteiger partial charge in [-0.3, -0.25) is 4.79 Å². The van der Waals surface area contributed by atoms with E-state index in [-0.39, 0.29) is 17.7 Å². The summed E-state index contributed by atoms with van der Waals surface area (Å²) in [7, 11) is 0. The van der Waals surface area contributed by atoms with E-state index in [9.17, 15) is 27.9 Å². The quantitative estimate of drug-likeness (QED) is 0.837. The van der Waals surface area contributed by atoms with Crippen molar-refractivity contribution in [3.8, 4) is 0 Å². The Balaban J connectivity index is 2.34. The van der Waals surface area contributed by atoms with Gasteiger partial charge in [0.15, 0.2) is 5.78 Å². The van der Waals surface area contributed by atoms with Gasteiger partial charge < -0.3 is 10.0 Å². The molecule has 2 rings (SSSR count). The van der Waals surface area contributed by atoms with Crippen LogP contribution in [0.2, 0.25) is 0 Å². The first kappa shape index (κ1) is 16.7. The van der Waals surface area contributed by atoms with Gasteiger partial charge in [0, 0.05) is 12.7 Å². The van der Waals surface area contributed by atoms with E-state index in [0.29, 0.717) is 12.2 Å². The molecule has 1 aliphatic carbocycles. The van der Waals surface area contributed by atoms with Gasteiger partial charge in [-0.2, -0.15) is 24.9 Å². The predicted octanol–water partition coefficient (Wildman–Crippen LogP) is 2.39. The molecule has 0 unspecified atom stereocenters. The summed E-state index contributed by atoms with van der Waals surface area (Å²) in [6.45, 7) is -0.217. The van der Waals surface area contributed by atoms with Crippen LogP contribution in [0.15, 0.2) is 35.1 Å². The molecule has 0 aromatic heterocycles. The number of fused-ring (bicyclic) bond motifs is 1. The van der Waals surface area contributed by atoms with Crippen molar-refractivity contribution in [1.29, 1.82) is 0 Å². The van der Waals surface area contributed by atoms with Crippen LogP contribution in [-0.2, 0) is 9.59 Å². The van der Waals surface area contributed by atoms with Crippen LogP contribution in [-0.4, -0.2) is 52.5 Å². The number of carbonyl (C=O) groups excluding carboxylic acids is 1. The minimum atomic E-state index is -4.75. The number of halogens is 3. The summed E-state index contributed by atoms with van der Waals surface area (Å²) < 4.78 is 39.1.